The Morgan fingerprint density at radius 1 is 0.710 bits per heavy atom. The van der Waals surface area contributed by atoms with Crippen LogP contribution in [0, 0.1) is 20.2 Å². The van der Waals surface area contributed by atoms with Crippen molar-refractivity contribution in [3.05, 3.63) is 56.6 Å². The molecule has 11 nitrogen and oxygen atoms in total. The van der Waals surface area contributed by atoms with Crippen LogP contribution in [0.5, 0.6) is 11.5 Å². The Balaban J connectivity index is 1.67. The Bertz CT molecular complexity index is 849. The molecule has 2 aromatic rings. The normalized spacial score (nSPS) is 15.5. The molecule has 0 aromatic heterocycles. The number of nitrogens with zero attached hydrogens (tertiary/aromatic N) is 2. The van der Waals surface area contributed by atoms with Crippen LogP contribution in [0.1, 0.15) is 12.8 Å². The van der Waals surface area contributed by atoms with Crippen LogP contribution in [0.25, 0.3) is 0 Å². The molecule has 0 atom stereocenters. The van der Waals surface area contributed by atoms with Gasteiger partial charge in [-0.2, -0.15) is 0 Å². The van der Waals surface area contributed by atoms with Crippen LogP contribution in [0.2, 0.25) is 0 Å². The summed E-state index contributed by atoms with van der Waals surface area (Å²) in [5, 5.41) is 28.6. The fraction of sp³-hybridized carbons (Fsp3) is 0.400. The summed E-state index contributed by atoms with van der Waals surface area (Å²) in [5.41, 5.74) is 1.28. The van der Waals surface area contributed by atoms with E-state index in [2.05, 4.69) is 10.6 Å². The van der Waals surface area contributed by atoms with E-state index in [0.29, 0.717) is 36.0 Å². The van der Waals surface area contributed by atoms with Gasteiger partial charge in [0.1, 0.15) is 24.7 Å². The number of anilines is 2. The average molecular weight is 432 g/mol. The van der Waals surface area contributed by atoms with Gasteiger partial charge in [0.2, 0.25) is 0 Å². The second-order valence-electron chi connectivity index (χ2n) is 6.75. The van der Waals surface area contributed by atoms with Gasteiger partial charge in [0.05, 0.1) is 46.6 Å². The van der Waals surface area contributed by atoms with E-state index in [1.165, 1.54) is 24.3 Å². The van der Waals surface area contributed by atoms with Crippen molar-refractivity contribution in [2.24, 2.45) is 0 Å². The van der Waals surface area contributed by atoms with Crippen molar-refractivity contribution in [3.8, 4) is 11.5 Å². The Morgan fingerprint density at radius 2 is 1.16 bits per heavy atom. The van der Waals surface area contributed by atoms with Crippen molar-refractivity contribution in [1.82, 2.24) is 0 Å². The predicted octanol–water partition coefficient (Wildman–Crippen LogP) is 3.60. The fourth-order valence-electron chi connectivity index (χ4n) is 3.00. The van der Waals surface area contributed by atoms with E-state index in [4.69, 9.17) is 14.2 Å². The lowest BCUT2D eigenvalue weighted by Gasteiger charge is -2.13. The van der Waals surface area contributed by atoms with E-state index >= 15 is 0 Å². The highest BCUT2D eigenvalue weighted by molar-refractivity contribution is 5.61. The molecule has 1 aliphatic rings. The lowest BCUT2D eigenvalue weighted by atomic mass is 10.2. The van der Waals surface area contributed by atoms with Gasteiger partial charge >= 0.3 is 0 Å². The molecule has 1 heterocycles. The molecule has 0 unspecified atom stereocenters. The van der Waals surface area contributed by atoms with Gasteiger partial charge in [-0.15, -0.1) is 0 Å². The van der Waals surface area contributed by atoms with Crippen molar-refractivity contribution >= 4 is 22.7 Å². The highest BCUT2D eigenvalue weighted by Crippen LogP contribution is 2.30. The molecule has 0 saturated carbocycles. The van der Waals surface area contributed by atoms with E-state index in [1.807, 2.05) is 0 Å². The maximum absolute atomic E-state index is 11.0. The molecule has 11 heteroatoms. The molecular formula is C20H24N4O7. The number of non-ortho nitro benzene ring substituents is 2. The lowest BCUT2D eigenvalue weighted by molar-refractivity contribution is -0.385. The van der Waals surface area contributed by atoms with Crippen LogP contribution in [0.15, 0.2) is 36.4 Å². The Hall–Kier alpha value is -3.60. The SMILES string of the molecule is O=[N+]([O-])c1ccc2c(c1)OCCOCCOc1cc([N+](=O)[O-])ccc1NCCCCN2. The number of rotatable bonds is 2. The maximum Gasteiger partial charge on any atom is 0.273 e. The van der Waals surface area contributed by atoms with E-state index in [9.17, 15) is 20.2 Å². The number of nitro benzene ring substituents is 2. The molecule has 0 aliphatic carbocycles. The van der Waals surface area contributed by atoms with Gasteiger partial charge in [-0.3, -0.25) is 20.2 Å². The van der Waals surface area contributed by atoms with Crippen LogP contribution in [-0.2, 0) is 4.74 Å². The van der Waals surface area contributed by atoms with Crippen molar-refractivity contribution in [3.63, 3.8) is 0 Å². The van der Waals surface area contributed by atoms with Crippen LogP contribution in [0.3, 0.4) is 0 Å². The highest BCUT2D eigenvalue weighted by atomic mass is 16.6. The molecule has 0 bridgehead atoms. The number of nitro groups is 2. The summed E-state index contributed by atoms with van der Waals surface area (Å²) in [6, 6.07) is 8.93. The molecule has 0 saturated heterocycles. The number of ether oxygens (including phenoxy) is 3. The van der Waals surface area contributed by atoms with Crippen LogP contribution >= 0.6 is 0 Å². The third kappa shape index (κ3) is 6.44. The van der Waals surface area contributed by atoms with E-state index in [-0.39, 0.29) is 37.8 Å². The predicted molar refractivity (Wildman–Crippen MR) is 114 cm³/mol. The van der Waals surface area contributed by atoms with Crippen molar-refractivity contribution < 1.29 is 24.1 Å². The quantitative estimate of drug-likeness (QED) is 0.538. The maximum atomic E-state index is 11.0. The number of hydrogen-bond acceptors (Lipinski definition) is 9. The van der Waals surface area contributed by atoms with E-state index < -0.39 is 9.85 Å². The molecule has 0 radical (unpaired) electrons. The Labute approximate surface area is 178 Å². The van der Waals surface area contributed by atoms with Gasteiger partial charge in [-0.1, -0.05) is 0 Å². The molecule has 3 rings (SSSR count). The van der Waals surface area contributed by atoms with Gasteiger partial charge in [-0.25, -0.2) is 0 Å². The fourth-order valence-corrected chi connectivity index (χ4v) is 3.00. The third-order valence-corrected chi connectivity index (χ3v) is 4.56. The van der Waals surface area contributed by atoms with E-state index in [0.717, 1.165) is 12.8 Å². The van der Waals surface area contributed by atoms with Crippen molar-refractivity contribution in [2.45, 2.75) is 12.8 Å². The van der Waals surface area contributed by atoms with Crippen LogP contribution < -0.4 is 20.1 Å². The minimum Gasteiger partial charge on any atom is -0.489 e. The lowest BCUT2D eigenvalue weighted by Crippen LogP contribution is -2.13. The number of benzene rings is 2. The zero-order valence-corrected chi connectivity index (χ0v) is 16.9. The van der Waals surface area contributed by atoms with Crippen LogP contribution in [0.4, 0.5) is 22.7 Å². The van der Waals surface area contributed by atoms with Gasteiger partial charge in [0.25, 0.3) is 11.4 Å². The molecule has 0 spiro atoms. The monoisotopic (exact) mass is 432 g/mol. The summed E-state index contributed by atoms with van der Waals surface area (Å²) in [6.45, 7) is 2.22. The zero-order valence-electron chi connectivity index (χ0n) is 16.9. The highest BCUT2D eigenvalue weighted by Gasteiger charge is 2.14. The van der Waals surface area contributed by atoms with E-state index in [1.54, 1.807) is 12.1 Å². The van der Waals surface area contributed by atoms with Gasteiger partial charge < -0.3 is 24.8 Å². The van der Waals surface area contributed by atoms with Crippen molar-refractivity contribution in [1.29, 1.82) is 0 Å². The first-order valence-corrected chi connectivity index (χ1v) is 9.92. The smallest absolute Gasteiger partial charge is 0.273 e. The zero-order chi connectivity index (χ0) is 22.1. The van der Waals surface area contributed by atoms with Crippen LogP contribution in [-0.4, -0.2) is 49.4 Å². The number of nitrogens with one attached hydrogen (secondary N) is 2. The minimum atomic E-state index is -0.465. The first kappa shape index (κ1) is 22.1. The van der Waals surface area contributed by atoms with Crippen molar-refractivity contribution in [2.75, 3.05) is 50.2 Å². The summed E-state index contributed by atoms with van der Waals surface area (Å²) >= 11 is 0. The number of hydrogen-bond donors (Lipinski definition) is 2. The van der Waals surface area contributed by atoms with Gasteiger partial charge in [0, 0.05) is 25.2 Å². The first-order chi connectivity index (χ1) is 15.0. The molecule has 31 heavy (non-hydrogen) atoms. The summed E-state index contributed by atoms with van der Waals surface area (Å²) in [7, 11) is 0. The van der Waals surface area contributed by atoms with Gasteiger partial charge in [0.15, 0.2) is 0 Å². The minimum absolute atomic E-state index is 0.0446. The Morgan fingerprint density at radius 3 is 1.58 bits per heavy atom. The molecule has 0 fully saturated rings. The standard InChI is InChI=1S/C20H24N4O7/c25-23(26)15-3-5-17-19(13-15)30-11-9-29-10-12-31-20-14-16(24(27)28)4-6-18(20)22-8-2-1-7-21-17/h3-6,13-14,21-22H,1-2,7-12H2. The summed E-state index contributed by atoms with van der Waals surface area (Å²) in [6.07, 6.45) is 1.66. The molecule has 1 aliphatic heterocycles. The molecule has 0 amide bonds. The Kier molecular flexibility index (Phi) is 7.82. The summed E-state index contributed by atoms with van der Waals surface area (Å²) in [4.78, 5) is 21.2. The molecular weight excluding hydrogens is 408 g/mol. The first-order valence-electron chi connectivity index (χ1n) is 9.92. The summed E-state index contributed by atoms with van der Waals surface area (Å²) in [5.74, 6) is 0.799. The molecule has 166 valence electrons. The number of fused-ring (bicyclic) bond motifs is 2. The third-order valence-electron chi connectivity index (χ3n) is 4.56. The molecule has 2 aromatic carbocycles. The van der Waals surface area contributed by atoms with Gasteiger partial charge in [-0.05, 0) is 25.0 Å². The summed E-state index contributed by atoms with van der Waals surface area (Å²) < 4.78 is 16.9. The largest absolute Gasteiger partial charge is 0.489 e. The second-order valence-corrected chi connectivity index (χ2v) is 6.75. The topological polar surface area (TPSA) is 138 Å². The molecule has 2 N–H and O–H groups in total. The average Bonchev–Trinajstić information content (AvgIpc) is 2.76. The second kappa shape index (κ2) is 11.0.